The Morgan fingerprint density at radius 1 is 1.50 bits per heavy atom. The summed E-state index contributed by atoms with van der Waals surface area (Å²) in [5, 5.41) is 2.75. The predicted molar refractivity (Wildman–Crippen MR) is 53.5 cm³/mol. The van der Waals surface area contributed by atoms with E-state index in [1.165, 1.54) is 0 Å². The van der Waals surface area contributed by atoms with Gasteiger partial charge >= 0.3 is 0 Å². The molecule has 7 nitrogen and oxygen atoms in total. The number of hydrogen-bond acceptors (Lipinski definition) is 2. The van der Waals surface area contributed by atoms with Crippen LogP contribution in [0.3, 0.4) is 0 Å². The first-order valence-corrected chi connectivity index (χ1v) is 4.27. The van der Waals surface area contributed by atoms with E-state index in [0.29, 0.717) is 13.0 Å². The van der Waals surface area contributed by atoms with E-state index in [2.05, 4.69) is 15.3 Å². The first kappa shape index (κ1) is 10.3. The van der Waals surface area contributed by atoms with Gasteiger partial charge in [-0.05, 0) is 6.42 Å². The van der Waals surface area contributed by atoms with Crippen LogP contribution >= 0.6 is 0 Å². The number of carbonyl (C=O) groups excluding carboxylic acids is 1. The van der Waals surface area contributed by atoms with Crippen LogP contribution in [0.2, 0.25) is 0 Å². The third-order valence-corrected chi connectivity index (χ3v) is 1.80. The average molecular weight is 198 g/mol. The van der Waals surface area contributed by atoms with Crippen molar-refractivity contribution in [1.82, 2.24) is 5.32 Å². The minimum absolute atomic E-state index is 0.0335. The van der Waals surface area contributed by atoms with Gasteiger partial charge in [-0.1, -0.05) is 0 Å². The fourth-order valence-electron chi connectivity index (χ4n) is 1.19. The first-order chi connectivity index (χ1) is 6.58. The summed E-state index contributed by atoms with van der Waals surface area (Å²) in [6, 6.07) is 0.0512. The molecule has 1 aliphatic rings. The van der Waals surface area contributed by atoms with Crippen LogP contribution in [0, 0.1) is 0 Å². The molecular formula is C7H14N6O. The third-order valence-electron chi connectivity index (χ3n) is 1.80. The largest absolute Gasteiger partial charge is 0.370 e. The van der Waals surface area contributed by atoms with E-state index in [0.717, 1.165) is 6.42 Å². The number of guanidine groups is 2. The Morgan fingerprint density at radius 3 is 2.71 bits per heavy atom. The highest BCUT2D eigenvalue weighted by molar-refractivity contribution is 5.92. The number of hydrogen-bond donors (Lipinski definition) is 4. The topological polar surface area (TPSA) is 132 Å². The Hall–Kier alpha value is -1.79. The number of rotatable bonds is 2. The van der Waals surface area contributed by atoms with Crippen molar-refractivity contribution in [2.45, 2.75) is 18.9 Å². The maximum Gasteiger partial charge on any atom is 0.220 e. The highest BCUT2D eigenvalue weighted by atomic mass is 16.1. The normalized spacial score (nSPS) is 21.9. The van der Waals surface area contributed by atoms with Crippen LogP contribution in [0.15, 0.2) is 9.98 Å². The summed E-state index contributed by atoms with van der Waals surface area (Å²) >= 11 is 0. The van der Waals surface area contributed by atoms with E-state index >= 15 is 0 Å². The standard InChI is InChI=1S/C7H14N6O/c8-6(9)13-7(10)11-3-4-1-2-5(14)12-4/h4H,1-3H2,(H,12,14)(H6,8,9,10,11,13). The van der Waals surface area contributed by atoms with Gasteiger partial charge in [-0.25, -0.2) is 4.99 Å². The molecule has 0 spiro atoms. The molecule has 0 aromatic carbocycles. The minimum atomic E-state index is -0.123. The van der Waals surface area contributed by atoms with E-state index in [-0.39, 0.29) is 23.9 Å². The molecule has 1 rings (SSSR count). The molecule has 1 saturated heterocycles. The maximum atomic E-state index is 10.8. The zero-order chi connectivity index (χ0) is 10.6. The summed E-state index contributed by atoms with van der Waals surface area (Å²) in [4.78, 5) is 18.3. The van der Waals surface area contributed by atoms with Crippen LogP contribution in [0.5, 0.6) is 0 Å². The van der Waals surface area contributed by atoms with Crippen LogP contribution in [-0.4, -0.2) is 30.4 Å². The molecule has 7 N–H and O–H groups in total. The van der Waals surface area contributed by atoms with Gasteiger partial charge in [0.1, 0.15) is 0 Å². The summed E-state index contributed by atoms with van der Waals surface area (Å²) in [6.45, 7) is 0.411. The number of aliphatic imine (C=N–C) groups is 2. The molecule has 1 heterocycles. The van der Waals surface area contributed by atoms with Gasteiger partial charge in [-0.2, -0.15) is 4.99 Å². The molecule has 0 saturated carbocycles. The van der Waals surface area contributed by atoms with Gasteiger partial charge in [-0.3, -0.25) is 4.79 Å². The van der Waals surface area contributed by atoms with Crippen LogP contribution < -0.4 is 22.5 Å². The average Bonchev–Trinajstić information content (AvgIpc) is 2.47. The lowest BCUT2D eigenvalue weighted by Gasteiger charge is -2.05. The van der Waals surface area contributed by atoms with Gasteiger partial charge in [0.2, 0.25) is 11.9 Å². The highest BCUT2D eigenvalue weighted by Gasteiger charge is 2.19. The van der Waals surface area contributed by atoms with Gasteiger partial charge in [0.05, 0.1) is 6.54 Å². The lowest BCUT2D eigenvalue weighted by molar-refractivity contribution is -0.119. The number of nitrogens with zero attached hydrogens (tertiary/aromatic N) is 2. The molecule has 0 aromatic rings. The Morgan fingerprint density at radius 2 is 2.21 bits per heavy atom. The molecule has 1 aliphatic heterocycles. The lowest BCUT2D eigenvalue weighted by Crippen LogP contribution is -2.30. The molecule has 0 bridgehead atoms. The Labute approximate surface area is 81.4 Å². The Kier molecular flexibility index (Phi) is 3.27. The van der Waals surface area contributed by atoms with Crippen LogP contribution in [-0.2, 0) is 4.79 Å². The second kappa shape index (κ2) is 4.45. The summed E-state index contributed by atoms with van der Waals surface area (Å²) in [7, 11) is 0. The van der Waals surface area contributed by atoms with Crippen molar-refractivity contribution in [3.63, 3.8) is 0 Å². The molecule has 1 fully saturated rings. The second-order valence-electron chi connectivity index (χ2n) is 3.04. The molecule has 7 heteroatoms. The van der Waals surface area contributed by atoms with Gasteiger partial charge in [-0.15, -0.1) is 0 Å². The van der Waals surface area contributed by atoms with Gasteiger partial charge in [0.15, 0.2) is 5.96 Å². The Bertz CT molecular complexity index is 280. The van der Waals surface area contributed by atoms with Crippen molar-refractivity contribution in [2.75, 3.05) is 6.54 Å². The molecule has 78 valence electrons. The van der Waals surface area contributed by atoms with Gasteiger partial charge < -0.3 is 22.5 Å². The first-order valence-electron chi connectivity index (χ1n) is 4.27. The minimum Gasteiger partial charge on any atom is -0.370 e. The molecule has 0 aromatic heterocycles. The van der Waals surface area contributed by atoms with Gasteiger partial charge in [0, 0.05) is 12.5 Å². The van der Waals surface area contributed by atoms with Crippen molar-refractivity contribution in [1.29, 1.82) is 0 Å². The SMILES string of the molecule is NC(N)=NC(N)=NCC1CCC(=O)N1. The fourth-order valence-corrected chi connectivity index (χ4v) is 1.19. The van der Waals surface area contributed by atoms with Crippen molar-refractivity contribution >= 4 is 17.8 Å². The summed E-state index contributed by atoms with van der Waals surface area (Å²) in [5.74, 6) is -0.0431. The number of amides is 1. The molecule has 1 amide bonds. The fraction of sp³-hybridized carbons (Fsp3) is 0.571. The lowest BCUT2D eigenvalue weighted by atomic mass is 10.2. The van der Waals surface area contributed by atoms with Crippen molar-refractivity contribution in [3.8, 4) is 0 Å². The van der Waals surface area contributed by atoms with Crippen LogP contribution in [0.25, 0.3) is 0 Å². The van der Waals surface area contributed by atoms with E-state index in [1.54, 1.807) is 0 Å². The molecular weight excluding hydrogens is 184 g/mol. The van der Waals surface area contributed by atoms with Crippen molar-refractivity contribution < 1.29 is 4.79 Å². The molecule has 14 heavy (non-hydrogen) atoms. The summed E-state index contributed by atoms with van der Waals surface area (Å²) in [6.07, 6.45) is 1.32. The van der Waals surface area contributed by atoms with Crippen LogP contribution in [0.1, 0.15) is 12.8 Å². The zero-order valence-corrected chi connectivity index (χ0v) is 7.73. The van der Waals surface area contributed by atoms with E-state index in [1.807, 2.05) is 0 Å². The summed E-state index contributed by atoms with van der Waals surface area (Å²) in [5.41, 5.74) is 15.6. The third kappa shape index (κ3) is 3.30. The molecule has 0 radical (unpaired) electrons. The maximum absolute atomic E-state index is 10.8. The molecule has 1 atom stereocenters. The van der Waals surface area contributed by atoms with E-state index in [4.69, 9.17) is 17.2 Å². The van der Waals surface area contributed by atoms with E-state index in [9.17, 15) is 4.79 Å². The smallest absolute Gasteiger partial charge is 0.220 e. The highest BCUT2D eigenvalue weighted by Crippen LogP contribution is 2.06. The molecule has 0 aliphatic carbocycles. The number of carbonyl (C=O) groups is 1. The summed E-state index contributed by atoms with van der Waals surface area (Å²) < 4.78 is 0. The molecule has 1 unspecified atom stereocenters. The number of nitrogens with two attached hydrogens (primary N) is 3. The van der Waals surface area contributed by atoms with Crippen LogP contribution in [0.4, 0.5) is 0 Å². The Balaban J connectivity index is 2.39. The van der Waals surface area contributed by atoms with Crippen molar-refractivity contribution in [2.24, 2.45) is 27.2 Å². The van der Waals surface area contributed by atoms with Crippen molar-refractivity contribution in [3.05, 3.63) is 0 Å². The number of nitrogens with one attached hydrogen (secondary N) is 1. The second-order valence-corrected chi connectivity index (χ2v) is 3.04. The predicted octanol–water partition coefficient (Wildman–Crippen LogP) is -2.15. The van der Waals surface area contributed by atoms with E-state index < -0.39 is 0 Å². The van der Waals surface area contributed by atoms with Gasteiger partial charge in [0.25, 0.3) is 0 Å². The monoisotopic (exact) mass is 198 g/mol. The zero-order valence-electron chi connectivity index (χ0n) is 7.73. The quantitative estimate of drug-likeness (QED) is 0.297.